The van der Waals surface area contributed by atoms with Gasteiger partial charge >= 0.3 is 0 Å². The first-order valence-electron chi connectivity index (χ1n) is 9.80. The van der Waals surface area contributed by atoms with E-state index in [1.54, 1.807) is 12.1 Å². The Hall–Kier alpha value is -2.23. The largest absolute Gasteiger partial charge is 0.376 e. The van der Waals surface area contributed by atoms with Crippen molar-refractivity contribution in [2.24, 2.45) is 0 Å². The van der Waals surface area contributed by atoms with Gasteiger partial charge in [0.15, 0.2) is 10.1 Å². The van der Waals surface area contributed by atoms with E-state index in [1.807, 2.05) is 19.9 Å². The normalized spacial score (nSPS) is 16.2. The van der Waals surface area contributed by atoms with Gasteiger partial charge < -0.3 is 14.6 Å². The van der Waals surface area contributed by atoms with Crippen LogP contribution in [-0.2, 0) is 11.3 Å². The fourth-order valence-corrected chi connectivity index (χ4v) is 5.19. The Morgan fingerprint density at radius 2 is 2.13 bits per heavy atom. The number of thioether (sulfide) groups is 1. The van der Waals surface area contributed by atoms with Gasteiger partial charge in [0, 0.05) is 35.8 Å². The lowest BCUT2D eigenvalue weighted by Crippen LogP contribution is -2.17. The number of carbonyl (C=O) groups is 1. The van der Waals surface area contributed by atoms with Gasteiger partial charge in [-0.05, 0) is 57.0 Å². The Kier molecular flexibility index (Phi) is 6.50. The van der Waals surface area contributed by atoms with Gasteiger partial charge in [-0.25, -0.2) is 4.39 Å². The number of anilines is 2. The number of halogens is 1. The number of benzene rings is 1. The molecule has 1 aromatic carbocycles. The maximum absolute atomic E-state index is 13.0. The summed E-state index contributed by atoms with van der Waals surface area (Å²) in [4.78, 5) is 12.8. The fourth-order valence-electron chi connectivity index (χ4n) is 3.54. The molecule has 0 aliphatic carbocycles. The lowest BCUT2D eigenvalue weighted by Gasteiger charge is -2.14. The van der Waals surface area contributed by atoms with E-state index < -0.39 is 0 Å². The number of aromatic nitrogens is 3. The lowest BCUT2D eigenvalue weighted by atomic mass is 10.2. The number of carbonyl (C=O) groups excluding carboxylic acids is 1. The highest BCUT2D eigenvalue weighted by molar-refractivity contribution is 8.01. The number of aryl methyl sites for hydroxylation is 1. The summed E-state index contributed by atoms with van der Waals surface area (Å²) in [6.45, 7) is 5.65. The van der Waals surface area contributed by atoms with Gasteiger partial charge in [-0.2, -0.15) is 0 Å². The molecule has 1 fully saturated rings. The van der Waals surface area contributed by atoms with Crippen molar-refractivity contribution >= 4 is 39.7 Å². The minimum absolute atomic E-state index is 0.0786. The molecule has 6 nitrogen and oxygen atoms in total. The molecule has 0 saturated carbocycles. The summed E-state index contributed by atoms with van der Waals surface area (Å²) >= 11 is 2.74. The zero-order valence-corrected chi connectivity index (χ0v) is 18.5. The Bertz CT molecular complexity index is 1030. The monoisotopic (exact) mass is 446 g/mol. The van der Waals surface area contributed by atoms with E-state index in [2.05, 4.69) is 20.1 Å². The maximum Gasteiger partial charge on any atom is 0.210 e. The van der Waals surface area contributed by atoms with Crippen molar-refractivity contribution in [3.05, 3.63) is 53.1 Å². The standard InChI is InChI=1S/C21H23FN4O2S2/c1-13-10-18(14(2)26(13)11-17-4-3-9-28-17)19(27)12-29-21-25-24-20(30-21)23-16-7-5-15(22)6-8-16/h5-8,10,17H,3-4,9,11-12H2,1-2H3,(H,23,24)/t17-/m0/s1. The van der Waals surface area contributed by atoms with E-state index in [0.717, 1.165) is 48.6 Å². The van der Waals surface area contributed by atoms with Crippen LogP contribution >= 0.6 is 23.1 Å². The maximum atomic E-state index is 13.0. The molecule has 30 heavy (non-hydrogen) atoms. The molecule has 0 amide bonds. The van der Waals surface area contributed by atoms with Gasteiger partial charge in [-0.1, -0.05) is 23.1 Å². The van der Waals surface area contributed by atoms with Crippen molar-refractivity contribution in [1.29, 1.82) is 0 Å². The summed E-state index contributed by atoms with van der Waals surface area (Å²) in [6, 6.07) is 8.01. The van der Waals surface area contributed by atoms with Crippen LogP contribution in [0.25, 0.3) is 0 Å². The molecule has 1 aliphatic rings. The predicted octanol–water partition coefficient (Wildman–Crippen LogP) is 4.99. The predicted molar refractivity (Wildman–Crippen MR) is 118 cm³/mol. The van der Waals surface area contributed by atoms with Crippen LogP contribution < -0.4 is 5.32 Å². The molecule has 0 unspecified atom stereocenters. The number of nitrogens with one attached hydrogen (secondary N) is 1. The Morgan fingerprint density at radius 3 is 2.87 bits per heavy atom. The van der Waals surface area contributed by atoms with Gasteiger partial charge in [0.1, 0.15) is 5.82 Å². The highest BCUT2D eigenvalue weighted by atomic mass is 32.2. The molecule has 9 heteroatoms. The van der Waals surface area contributed by atoms with Gasteiger partial charge in [0.2, 0.25) is 5.13 Å². The fraction of sp³-hybridized carbons (Fsp3) is 0.381. The summed E-state index contributed by atoms with van der Waals surface area (Å²) in [5.41, 5.74) is 3.56. The number of hydrogen-bond donors (Lipinski definition) is 1. The highest BCUT2D eigenvalue weighted by Crippen LogP contribution is 2.29. The molecule has 3 aromatic rings. The van der Waals surface area contributed by atoms with E-state index >= 15 is 0 Å². The molecule has 1 saturated heterocycles. The first kappa shape index (κ1) is 21.0. The number of Topliss-reactive ketones (excluding diaryl/α,β-unsaturated/α-hetero) is 1. The van der Waals surface area contributed by atoms with Gasteiger partial charge in [-0.15, -0.1) is 10.2 Å². The third-order valence-electron chi connectivity index (χ3n) is 5.11. The number of ketones is 1. The van der Waals surface area contributed by atoms with Gasteiger partial charge in [0.25, 0.3) is 0 Å². The zero-order valence-electron chi connectivity index (χ0n) is 16.9. The van der Waals surface area contributed by atoms with Crippen LogP contribution in [0, 0.1) is 19.7 Å². The first-order valence-corrected chi connectivity index (χ1v) is 11.6. The molecule has 0 bridgehead atoms. The van der Waals surface area contributed by atoms with E-state index in [1.165, 1.54) is 35.2 Å². The second-order valence-electron chi connectivity index (χ2n) is 7.25. The van der Waals surface area contributed by atoms with Crippen LogP contribution in [0.15, 0.2) is 34.7 Å². The minimum atomic E-state index is -0.289. The van der Waals surface area contributed by atoms with Crippen LogP contribution in [0.3, 0.4) is 0 Å². The topological polar surface area (TPSA) is 69.0 Å². The zero-order chi connectivity index (χ0) is 21.1. The van der Waals surface area contributed by atoms with Crippen LogP contribution in [0.5, 0.6) is 0 Å². The molecule has 1 N–H and O–H groups in total. The molecule has 1 atom stereocenters. The number of hydrogen-bond acceptors (Lipinski definition) is 7. The molecule has 2 aromatic heterocycles. The molecule has 0 spiro atoms. The first-order chi connectivity index (χ1) is 14.5. The molecule has 4 rings (SSSR count). The number of nitrogens with zero attached hydrogens (tertiary/aromatic N) is 3. The van der Waals surface area contributed by atoms with E-state index in [9.17, 15) is 9.18 Å². The summed E-state index contributed by atoms with van der Waals surface area (Å²) in [5, 5.41) is 11.9. The molecule has 158 valence electrons. The minimum Gasteiger partial charge on any atom is -0.376 e. The number of rotatable bonds is 8. The van der Waals surface area contributed by atoms with Crippen molar-refractivity contribution in [2.75, 3.05) is 17.7 Å². The molecule has 0 radical (unpaired) electrons. The number of ether oxygens (including phenoxy) is 1. The Balaban J connectivity index is 1.35. The smallest absolute Gasteiger partial charge is 0.210 e. The van der Waals surface area contributed by atoms with Crippen molar-refractivity contribution < 1.29 is 13.9 Å². The van der Waals surface area contributed by atoms with Gasteiger partial charge in [0.05, 0.1) is 11.9 Å². The summed E-state index contributed by atoms with van der Waals surface area (Å²) in [5.74, 6) is 0.0905. The average molecular weight is 447 g/mol. The summed E-state index contributed by atoms with van der Waals surface area (Å²) in [7, 11) is 0. The van der Waals surface area contributed by atoms with E-state index in [4.69, 9.17) is 4.74 Å². The third kappa shape index (κ3) is 4.91. The van der Waals surface area contributed by atoms with E-state index in [-0.39, 0.29) is 17.7 Å². The SMILES string of the molecule is Cc1cc(C(=O)CSc2nnc(Nc3ccc(F)cc3)s2)c(C)n1C[C@@H]1CCCO1. The van der Waals surface area contributed by atoms with Crippen LogP contribution in [0.1, 0.15) is 34.6 Å². The van der Waals surface area contributed by atoms with Gasteiger partial charge in [-0.3, -0.25) is 4.79 Å². The second kappa shape index (κ2) is 9.28. The van der Waals surface area contributed by atoms with Crippen molar-refractivity contribution in [2.45, 2.75) is 43.7 Å². The summed E-state index contributed by atoms with van der Waals surface area (Å²) in [6.07, 6.45) is 2.41. The Labute approximate surface area is 182 Å². The molecular formula is C21H23FN4O2S2. The Morgan fingerprint density at radius 1 is 1.33 bits per heavy atom. The molecule has 3 heterocycles. The van der Waals surface area contributed by atoms with Crippen molar-refractivity contribution in [3.63, 3.8) is 0 Å². The van der Waals surface area contributed by atoms with E-state index in [0.29, 0.717) is 15.2 Å². The lowest BCUT2D eigenvalue weighted by molar-refractivity contribution is 0.0957. The highest BCUT2D eigenvalue weighted by Gasteiger charge is 2.21. The second-order valence-corrected chi connectivity index (χ2v) is 9.45. The molecule has 1 aliphatic heterocycles. The average Bonchev–Trinajstić information content (AvgIpc) is 3.46. The molecular weight excluding hydrogens is 423 g/mol. The third-order valence-corrected chi connectivity index (χ3v) is 7.08. The van der Waals surface area contributed by atoms with Crippen LogP contribution in [0.2, 0.25) is 0 Å². The van der Waals surface area contributed by atoms with Crippen LogP contribution in [-0.4, -0.2) is 39.0 Å². The quantitative estimate of drug-likeness (QED) is 0.388. The van der Waals surface area contributed by atoms with Crippen molar-refractivity contribution in [3.8, 4) is 0 Å². The van der Waals surface area contributed by atoms with Crippen molar-refractivity contribution in [1.82, 2.24) is 14.8 Å². The summed E-state index contributed by atoms with van der Waals surface area (Å²) < 4.78 is 21.6. The van der Waals surface area contributed by atoms with Crippen LogP contribution in [0.4, 0.5) is 15.2 Å².